The van der Waals surface area contributed by atoms with Crippen molar-refractivity contribution in [3.8, 4) is 0 Å². The Kier molecular flexibility index (Phi) is 19.7. The maximum Gasteiger partial charge on any atom is 0.318 e. The number of nitrogen functional groups attached to an aromatic ring is 5. The Labute approximate surface area is 525 Å². The highest BCUT2D eigenvalue weighted by Gasteiger charge is 2.41. The largest absolute Gasteiger partial charge is 0.425 e. The lowest BCUT2D eigenvalue weighted by Crippen LogP contribution is -2.51. The summed E-state index contributed by atoms with van der Waals surface area (Å²) in [6.45, 7) is 19.5. The number of piperidine rings is 2. The van der Waals surface area contributed by atoms with Crippen LogP contribution < -0.4 is 63.0 Å². The average molecular weight is 1230 g/mol. The van der Waals surface area contributed by atoms with Gasteiger partial charge in [0.15, 0.2) is 0 Å². The van der Waals surface area contributed by atoms with Crippen LogP contribution in [0.1, 0.15) is 87.1 Å². The molecule has 1 saturated carbocycles. The van der Waals surface area contributed by atoms with Crippen LogP contribution in [0.4, 0.5) is 68.6 Å². The van der Waals surface area contributed by atoms with E-state index in [1.165, 1.54) is 44.3 Å². The lowest BCUT2D eigenvalue weighted by Gasteiger charge is -2.49. The topological polar surface area (TPSA) is 341 Å². The third-order valence-electron chi connectivity index (χ3n) is 18.2. The number of rotatable bonds is 8. The van der Waals surface area contributed by atoms with Crippen molar-refractivity contribution in [2.75, 3.05) is 161 Å². The predicted octanol–water partition coefficient (Wildman–Crippen LogP) is 6.62. The number of carbonyl (C=O) groups is 1. The van der Waals surface area contributed by atoms with Crippen LogP contribution in [0, 0.1) is 26.2 Å². The number of fused-ring (bicyclic) bond motifs is 1. The first-order chi connectivity index (χ1) is 43.8. The molecule has 0 aromatic carbocycles. The molecule has 476 valence electrons. The van der Waals surface area contributed by atoms with Crippen molar-refractivity contribution in [2.24, 2.45) is 5.41 Å². The van der Waals surface area contributed by atoms with Crippen LogP contribution >= 0.6 is 0 Å². The van der Waals surface area contributed by atoms with Crippen molar-refractivity contribution in [3.63, 3.8) is 0 Å². The van der Waals surface area contributed by atoms with Crippen LogP contribution in [0.2, 0.25) is 0 Å². The number of hydrogen-bond donors (Lipinski definition) is 5. The van der Waals surface area contributed by atoms with Crippen molar-refractivity contribution in [3.05, 3.63) is 122 Å². The van der Waals surface area contributed by atoms with Crippen LogP contribution in [-0.4, -0.2) is 165 Å². The highest BCUT2D eigenvalue weighted by Crippen LogP contribution is 2.48. The third kappa shape index (κ3) is 14.9. The maximum atomic E-state index is 11.6. The number of aromatic nitrogens is 10. The molecule has 6 saturated heterocycles. The number of amides is 1. The van der Waals surface area contributed by atoms with Crippen LogP contribution in [0.25, 0.3) is 0 Å². The van der Waals surface area contributed by atoms with E-state index in [1.807, 2.05) is 55.3 Å². The van der Waals surface area contributed by atoms with Gasteiger partial charge >= 0.3 is 6.01 Å². The van der Waals surface area contributed by atoms with Gasteiger partial charge in [0.2, 0.25) is 23.6 Å². The molecule has 10 N–H and O–H groups in total. The molecule has 90 heavy (non-hydrogen) atoms. The van der Waals surface area contributed by atoms with Gasteiger partial charge in [0.1, 0.15) is 17.6 Å². The number of anilines is 12. The summed E-state index contributed by atoms with van der Waals surface area (Å²) in [5.74, 6) is 2.66. The quantitative estimate of drug-likeness (QED) is 0.107. The number of hydrogen-bond acceptors (Lipinski definition) is 26. The summed E-state index contributed by atoms with van der Waals surface area (Å²) in [5.41, 5.74) is 41.5. The molecule has 15 rings (SSSR count). The van der Waals surface area contributed by atoms with Gasteiger partial charge in [0.25, 0.3) is 0 Å². The molecule has 8 aromatic heterocycles. The molecular formula is C63H85N23O4. The van der Waals surface area contributed by atoms with E-state index in [9.17, 15) is 4.79 Å². The molecule has 7 fully saturated rings. The number of carbonyl (C=O) groups excluding carboxylic acids is 1. The molecule has 7 aliphatic rings. The van der Waals surface area contributed by atoms with E-state index < -0.39 is 0 Å². The Morgan fingerprint density at radius 3 is 1.36 bits per heavy atom. The van der Waals surface area contributed by atoms with Crippen LogP contribution in [-0.2, 0) is 4.79 Å². The van der Waals surface area contributed by atoms with E-state index in [0.29, 0.717) is 58.9 Å². The fourth-order valence-electron chi connectivity index (χ4n) is 13.2. The molecule has 27 heteroatoms. The smallest absolute Gasteiger partial charge is 0.318 e. The lowest BCUT2D eigenvalue weighted by molar-refractivity contribution is -0.129. The summed E-state index contributed by atoms with van der Waals surface area (Å²) in [6, 6.07) is 10.8. The van der Waals surface area contributed by atoms with Gasteiger partial charge in [-0.2, -0.15) is 0 Å². The fourth-order valence-corrected chi connectivity index (χ4v) is 13.2. The number of nitrogens with two attached hydrogens (primary N) is 5. The zero-order valence-corrected chi connectivity index (χ0v) is 51.9. The summed E-state index contributed by atoms with van der Waals surface area (Å²) < 4.78 is 15.9. The molecule has 1 spiro atoms. The maximum absolute atomic E-state index is 11.6. The zero-order valence-electron chi connectivity index (χ0n) is 51.9. The Morgan fingerprint density at radius 2 is 0.911 bits per heavy atom. The van der Waals surface area contributed by atoms with Gasteiger partial charge in [-0.1, -0.05) is 16.7 Å². The molecule has 1 atom stereocenters. The van der Waals surface area contributed by atoms with Crippen LogP contribution in [0.5, 0.6) is 0 Å². The molecule has 1 amide bonds. The van der Waals surface area contributed by atoms with Gasteiger partial charge in [0, 0.05) is 161 Å². The van der Waals surface area contributed by atoms with Gasteiger partial charge in [-0.15, -0.1) is 15.3 Å². The molecule has 14 heterocycles. The summed E-state index contributed by atoms with van der Waals surface area (Å²) in [4.78, 5) is 49.6. The van der Waals surface area contributed by atoms with Gasteiger partial charge in [-0.25, -0.2) is 0 Å². The first-order valence-corrected chi connectivity index (χ1v) is 31.3. The van der Waals surface area contributed by atoms with Crippen molar-refractivity contribution in [1.82, 2.24) is 55.4 Å². The number of nitrogens with zero attached hydrogens (tertiary/aromatic N) is 18. The molecule has 8 aromatic rings. The molecule has 0 bridgehead atoms. The molecule has 27 nitrogen and oxygen atoms in total. The second-order valence-corrected chi connectivity index (χ2v) is 24.0. The predicted molar refractivity (Wildman–Crippen MR) is 350 cm³/mol. The molecule has 6 aliphatic heterocycles. The van der Waals surface area contributed by atoms with Crippen molar-refractivity contribution in [2.45, 2.75) is 90.5 Å². The average Bonchev–Trinajstić information content (AvgIpc) is 2.09. The van der Waals surface area contributed by atoms with E-state index in [1.54, 1.807) is 69.0 Å². The van der Waals surface area contributed by atoms with E-state index >= 15 is 0 Å². The molecule has 0 unspecified atom stereocenters. The minimum atomic E-state index is 0.303. The van der Waals surface area contributed by atoms with Crippen molar-refractivity contribution in [1.29, 1.82) is 0 Å². The van der Waals surface area contributed by atoms with Gasteiger partial charge < -0.3 is 81.2 Å². The minimum Gasteiger partial charge on any atom is -0.425 e. The SMILES string of the molecule is Cc1nnc(C2CCN(c3ccncc3N)CC2)o1.Cc1nnc(N2CCN(c3ccncc3N)CC2)o1.Cc1nocc1N1CCN(c2ccncc2N)CC1.Nc1cnccc1N1CCCC2(CCC2)C1.Nc1cnccc1N1CCN2C(=O)CC[C@H]2C1. The number of pyridine rings is 5. The second kappa shape index (κ2) is 28.6. The second-order valence-electron chi connectivity index (χ2n) is 24.0. The third-order valence-corrected chi connectivity index (χ3v) is 18.2. The summed E-state index contributed by atoms with van der Waals surface area (Å²) in [6.07, 6.45) is 29.8. The van der Waals surface area contributed by atoms with Crippen molar-refractivity contribution >= 4 is 74.5 Å². The lowest BCUT2D eigenvalue weighted by atomic mass is 9.64. The van der Waals surface area contributed by atoms with Gasteiger partial charge in [0.05, 0.1) is 87.9 Å². The van der Waals surface area contributed by atoms with E-state index in [2.05, 4.69) is 84.8 Å². The number of aryl methyl sites for hydroxylation is 3. The molecule has 1 aliphatic carbocycles. The summed E-state index contributed by atoms with van der Waals surface area (Å²) in [5, 5.41) is 19.8. The number of piperazine rings is 3. The zero-order chi connectivity index (χ0) is 62.6. The highest BCUT2D eigenvalue weighted by atomic mass is 16.5. The first kappa shape index (κ1) is 61.9. The molecular weight excluding hydrogens is 1140 g/mol. The van der Waals surface area contributed by atoms with Gasteiger partial charge in [-0.05, 0) is 87.6 Å². The van der Waals surface area contributed by atoms with E-state index in [0.717, 1.165) is 168 Å². The Morgan fingerprint density at radius 1 is 0.467 bits per heavy atom. The monoisotopic (exact) mass is 1230 g/mol. The summed E-state index contributed by atoms with van der Waals surface area (Å²) >= 11 is 0. The first-order valence-electron chi connectivity index (χ1n) is 31.3. The molecule has 0 radical (unpaired) electrons. The Hall–Kier alpha value is -9.69. The fraction of sp³-hybridized carbons (Fsp3) is 0.476. The summed E-state index contributed by atoms with van der Waals surface area (Å²) in [7, 11) is 0. The van der Waals surface area contributed by atoms with E-state index in [4.69, 9.17) is 42.0 Å². The Bertz CT molecular complexity index is 3490. The minimum absolute atomic E-state index is 0.303. The normalized spacial score (nSPS) is 18.9. The van der Waals surface area contributed by atoms with E-state index in [-0.39, 0.29) is 0 Å². The van der Waals surface area contributed by atoms with Gasteiger partial charge in [-0.3, -0.25) is 29.7 Å². The standard InChI is InChI=1S/2C13H17N5O.C13H19N3.C12H16N6O.C12H16N4O/c1-9-16-17-13(19-9)10-3-6-18(7-4-10)12-2-5-15-8-11(12)14;1-10-13(9-19-16-10)18-6-4-17(5-7-18)12-2-3-15-8-11(12)14;14-11-9-15-7-3-12(11)16-8-2-6-13(10-16)4-1-5-13;1-9-15-16-12(19-9)18-6-4-17(5-7-18)11-2-3-14-8-10(11)13;13-10-7-14-4-3-11(10)15-5-6-16-9(8-15)1-2-12(16)17/h2,5,8,10H,3-4,6-7,14H2,1H3;2-3,8-9H,4-7,14H2,1H3;3,7,9H,1-2,4-6,8,10,14H2;2-3,8H,4-7,13H2,1H3;3-4,7,9H,1-2,5-6,8,13H2/t;;;;9-/m....0/s1. The van der Waals surface area contributed by atoms with Crippen LogP contribution in [0.15, 0.2) is 112 Å². The van der Waals surface area contributed by atoms with Crippen molar-refractivity contribution < 1.29 is 18.2 Å². The Balaban J connectivity index is 0.000000116. The van der Waals surface area contributed by atoms with Crippen LogP contribution in [0.3, 0.4) is 0 Å². The highest BCUT2D eigenvalue weighted by molar-refractivity contribution is 5.79.